The molecular formula is C15H15N5. The van der Waals surface area contributed by atoms with E-state index >= 15 is 0 Å². The Kier molecular flexibility index (Phi) is 3.80. The Hall–Kier alpha value is -2.53. The first-order valence-electron chi connectivity index (χ1n) is 6.48. The number of benzene rings is 1. The molecule has 2 aromatic heterocycles. The molecule has 0 aliphatic heterocycles. The zero-order valence-corrected chi connectivity index (χ0v) is 11.0. The van der Waals surface area contributed by atoms with Gasteiger partial charge >= 0.3 is 0 Å². The second-order valence-electron chi connectivity index (χ2n) is 4.35. The Balaban J connectivity index is 1.69. The third-order valence-corrected chi connectivity index (χ3v) is 2.96. The van der Waals surface area contributed by atoms with Crippen molar-refractivity contribution in [3.05, 3.63) is 72.6 Å². The van der Waals surface area contributed by atoms with Gasteiger partial charge in [0.25, 0.3) is 0 Å². The molecule has 3 aromatic rings. The van der Waals surface area contributed by atoms with Crippen molar-refractivity contribution in [3.8, 4) is 5.69 Å². The highest BCUT2D eigenvalue weighted by Crippen LogP contribution is 2.13. The van der Waals surface area contributed by atoms with Crippen LogP contribution in [-0.4, -0.2) is 19.7 Å². The Morgan fingerprint density at radius 2 is 1.75 bits per heavy atom. The lowest BCUT2D eigenvalue weighted by Gasteiger charge is -2.10. The van der Waals surface area contributed by atoms with Gasteiger partial charge < -0.3 is 5.32 Å². The van der Waals surface area contributed by atoms with Gasteiger partial charge in [-0.25, -0.2) is 14.6 Å². The summed E-state index contributed by atoms with van der Waals surface area (Å²) in [4.78, 5) is 8.38. The van der Waals surface area contributed by atoms with Crippen LogP contribution in [0.2, 0.25) is 0 Å². The lowest BCUT2D eigenvalue weighted by atomic mass is 10.2. The third-order valence-electron chi connectivity index (χ3n) is 2.96. The number of hydrogen-bond donors (Lipinski definition) is 1. The minimum Gasteiger partial charge on any atom is -0.306 e. The summed E-state index contributed by atoms with van der Waals surface area (Å²) in [5, 5.41) is 7.63. The predicted molar refractivity (Wildman–Crippen MR) is 76.1 cm³/mol. The van der Waals surface area contributed by atoms with Gasteiger partial charge in [-0.05, 0) is 23.8 Å². The van der Waals surface area contributed by atoms with Crippen molar-refractivity contribution in [3.63, 3.8) is 0 Å². The fraction of sp³-hybridized carbons (Fsp3) is 0.133. The molecule has 1 aromatic carbocycles. The van der Waals surface area contributed by atoms with Crippen molar-refractivity contribution in [2.24, 2.45) is 0 Å². The molecule has 0 saturated carbocycles. The summed E-state index contributed by atoms with van der Waals surface area (Å²) in [6.07, 6.45) is 7.23. The van der Waals surface area contributed by atoms with E-state index in [1.165, 1.54) is 5.56 Å². The highest BCUT2D eigenvalue weighted by Gasteiger charge is 2.04. The number of aromatic nitrogens is 4. The first kappa shape index (κ1) is 12.5. The summed E-state index contributed by atoms with van der Waals surface area (Å²) in [6.45, 7) is 1.39. The van der Waals surface area contributed by atoms with E-state index in [2.05, 4.69) is 32.5 Å². The molecule has 0 atom stereocenters. The van der Waals surface area contributed by atoms with Crippen molar-refractivity contribution in [1.29, 1.82) is 0 Å². The van der Waals surface area contributed by atoms with Crippen LogP contribution in [0, 0.1) is 0 Å². The Labute approximate surface area is 117 Å². The molecule has 20 heavy (non-hydrogen) atoms. The SMILES string of the molecule is c1cnc(CNCc2ccccc2-n2cccn2)nc1. The van der Waals surface area contributed by atoms with Crippen LogP contribution in [0.25, 0.3) is 5.69 Å². The molecule has 0 bridgehead atoms. The van der Waals surface area contributed by atoms with Crippen LogP contribution >= 0.6 is 0 Å². The van der Waals surface area contributed by atoms with Crippen LogP contribution in [0.1, 0.15) is 11.4 Å². The molecule has 0 spiro atoms. The quantitative estimate of drug-likeness (QED) is 0.766. The van der Waals surface area contributed by atoms with E-state index in [4.69, 9.17) is 0 Å². The summed E-state index contributed by atoms with van der Waals surface area (Å²) >= 11 is 0. The molecule has 5 heteroatoms. The summed E-state index contributed by atoms with van der Waals surface area (Å²) in [6, 6.07) is 11.9. The molecule has 2 heterocycles. The van der Waals surface area contributed by atoms with Crippen LogP contribution in [0.4, 0.5) is 0 Å². The zero-order chi connectivity index (χ0) is 13.6. The maximum atomic E-state index is 4.28. The third kappa shape index (κ3) is 2.89. The molecule has 3 rings (SSSR count). The smallest absolute Gasteiger partial charge is 0.141 e. The van der Waals surface area contributed by atoms with Gasteiger partial charge in [0, 0.05) is 31.3 Å². The van der Waals surface area contributed by atoms with Crippen LogP contribution in [0.3, 0.4) is 0 Å². The van der Waals surface area contributed by atoms with Gasteiger partial charge in [-0.15, -0.1) is 0 Å². The zero-order valence-electron chi connectivity index (χ0n) is 11.0. The molecule has 0 aliphatic rings. The summed E-state index contributed by atoms with van der Waals surface area (Å²) in [5.41, 5.74) is 2.27. The van der Waals surface area contributed by atoms with Crippen LogP contribution in [0.15, 0.2) is 61.2 Å². The highest BCUT2D eigenvalue weighted by atomic mass is 15.3. The molecule has 1 N–H and O–H groups in total. The van der Waals surface area contributed by atoms with Gasteiger partial charge in [0.05, 0.1) is 12.2 Å². The molecule has 0 radical (unpaired) electrons. The molecule has 0 fully saturated rings. The van der Waals surface area contributed by atoms with Crippen molar-refractivity contribution in [2.75, 3.05) is 0 Å². The first-order chi connectivity index (χ1) is 9.93. The number of nitrogens with zero attached hydrogens (tertiary/aromatic N) is 4. The van der Waals surface area contributed by atoms with Crippen molar-refractivity contribution < 1.29 is 0 Å². The van der Waals surface area contributed by atoms with Gasteiger partial charge in [-0.1, -0.05) is 18.2 Å². The van der Waals surface area contributed by atoms with Crippen molar-refractivity contribution in [2.45, 2.75) is 13.1 Å². The second-order valence-corrected chi connectivity index (χ2v) is 4.35. The minimum atomic E-state index is 0.647. The van der Waals surface area contributed by atoms with Gasteiger partial charge in [0.15, 0.2) is 0 Å². The van der Waals surface area contributed by atoms with E-state index < -0.39 is 0 Å². The lowest BCUT2D eigenvalue weighted by Crippen LogP contribution is -2.16. The monoisotopic (exact) mass is 265 g/mol. The number of nitrogens with one attached hydrogen (secondary N) is 1. The molecule has 0 aliphatic carbocycles. The largest absolute Gasteiger partial charge is 0.306 e. The highest BCUT2D eigenvalue weighted by molar-refractivity contribution is 5.40. The molecule has 5 nitrogen and oxygen atoms in total. The molecule has 0 amide bonds. The predicted octanol–water partition coefficient (Wildman–Crippen LogP) is 1.95. The summed E-state index contributed by atoms with van der Waals surface area (Å²) in [5.74, 6) is 0.795. The fourth-order valence-corrected chi connectivity index (χ4v) is 2.03. The summed E-state index contributed by atoms with van der Waals surface area (Å²) < 4.78 is 1.87. The van der Waals surface area contributed by atoms with E-state index in [1.54, 1.807) is 18.6 Å². The van der Waals surface area contributed by atoms with Crippen LogP contribution in [-0.2, 0) is 13.1 Å². The van der Waals surface area contributed by atoms with E-state index in [9.17, 15) is 0 Å². The van der Waals surface area contributed by atoms with Gasteiger partial charge in [0.2, 0.25) is 0 Å². The fourth-order valence-electron chi connectivity index (χ4n) is 2.03. The normalized spacial score (nSPS) is 10.6. The van der Waals surface area contributed by atoms with Gasteiger partial charge in [-0.3, -0.25) is 0 Å². The molecular weight excluding hydrogens is 250 g/mol. The van der Waals surface area contributed by atoms with Gasteiger partial charge in [-0.2, -0.15) is 5.10 Å². The number of para-hydroxylation sites is 1. The topological polar surface area (TPSA) is 55.6 Å². The lowest BCUT2D eigenvalue weighted by molar-refractivity contribution is 0.657. The van der Waals surface area contributed by atoms with Crippen LogP contribution < -0.4 is 5.32 Å². The first-order valence-corrected chi connectivity index (χ1v) is 6.48. The van der Waals surface area contributed by atoms with E-state index in [0.29, 0.717) is 6.54 Å². The maximum Gasteiger partial charge on any atom is 0.141 e. The standard InChI is InChI=1S/C15H15N5/c1-2-6-14(20-10-4-9-19-20)13(5-1)11-16-12-15-17-7-3-8-18-15/h1-10,16H,11-12H2. The maximum absolute atomic E-state index is 4.28. The van der Waals surface area contributed by atoms with Crippen molar-refractivity contribution in [1.82, 2.24) is 25.1 Å². The number of hydrogen-bond acceptors (Lipinski definition) is 4. The molecule has 0 saturated heterocycles. The Morgan fingerprint density at radius 3 is 2.55 bits per heavy atom. The number of rotatable bonds is 5. The van der Waals surface area contributed by atoms with Crippen LogP contribution in [0.5, 0.6) is 0 Å². The Bertz CT molecular complexity index is 649. The average molecular weight is 265 g/mol. The van der Waals surface area contributed by atoms with E-state index in [1.807, 2.05) is 35.1 Å². The summed E-state index contributed by atoms with van der Waals surface area (Å²) in [7, 11) is 0. The van der Waals surface area contributed by atoms with Gasteiger partial charge in [0.1, 0.15) is 5.82 Å². The second kappa shape index (κ2) is 6.08. The van der Waals surface area contributed by atoms with E-state index in [0.717, 1.165) is 18.1 Å². The molecule has 100 valence electrons. The molecule has 0 unspecified atom stereocenters. The van der Waals surface area contributed by atoms with Crippen molar-refractivity contribution >= 4 is 0 Å². The average Bonchev–Trinajstić information content (AvgIpc) is 3.03. The Morgan fingerprint density at radius 1 is 0.900 bits per heavy atom. The minimum absolute atomic E-state index is 0.647. The van der Waals surface area contributed by atoms with E-state index in [-0.39, 0.29) is 0 Å².